The first-order chi connectivity index (χ1) is 9.60. The van der Waals surface area contributed by atoms with Crippen molar-refractivity contribution in [1.29, 1.82) is 0 Å². The molecular weight excluding hydrogens is 277 g/mol. The summed E-state index contributed by atoms with van der Waals surface area (Å²) in [5, 5.41) is 0.503. The summed E-state index contributed by atoms with van der Waals surface area (Å²) in [6.07, 6.45) is 1.68. The molecule has 20 heavy (non-hydrogen) atoms. The molecule has 4 nitrogen and oxygen atoms in total. The van der Waals surface area contributed by atoms with Crippen molar-refractivity contribution in [2.75, 3.05) is 5.73 Å². The summed E-state index contributed by atoms with van der Waals surface area (Å²) in [5.41, 5.74) is 6.72. The largest absolute Gasteiger partial charge is 0.396 e. The van der Waals surface area contributed by atoms with Crippen LogP contribution >= 0.6 is 11.8 Å². The number of thioether (sulfide) groups is 1. The molecule has 0 atom stereocenters. The lowest BCUT2D eigenvalue weighted by Gasteiger charge is -2.06. The van der Waals surface area contributed by atoms with E-state index in [0.29, 0.717) is 16.5 Å². The van der Waals surface area contributed by atoms with Gasteiger partial charge in [-0.2, -0.15) is 0 Å². The fourth-order valence-corrected chi connectivity index (χ4v) is 2.66. The third kappa shape index (κ3) is 3.60. The average molecular weight is 293 g/mol. The predicted molar refractivity (Wildman–Crippen MR) is 79.2 cm³/mol. The smallest absolute Gasteiger partial charge is 0.251 e. The zero-order valence-corrected chi connectivity index (χ0v) is 12.0. The number of H-pyrrole nitrogens is 1. The molecule has 0 amide bonds. The second-order valence-electron chi connectivity index (χ2n) is 4.40. The van der Waals surface area contributed by atoms with E-state index in [1.165, 1.54) is 23.9 Å². The van der Waals surface area contributed by atoms with Crippen molar-refractivity contribution in [2.45, 2.75) is 30.7 Å². The maximum atomic E-state index is 13.8. The van der Waals surface area contributed by atoms with Crippen molar-refractivity contribution >= 4 is 17.4 Å². The van der Waals surface area contributed by atoms with E-state index in [1.807, 2.05) is 6.92 Å². The van der Waals surface area contributed by atoms with Crippen LogP contribution in [0.25, 0.3) is 0 Å². The highest BCUT2D eigenvalue weighted by Crippen LogP contribution is 2.23. The molecule has 3 N–H and O–H groups in total. The van der Waals surface area contributed by atoms with Gasteiger partial charge in [-0.15, -0.1) is 0 Å². The first-order valence-corrected chi connectivity index (χ1v) is 7.34. The minimum Gasteiger partial charge on any atom is -0.396 e. The SMILES string of the molecule is CCCc1cc(=O)[nH]c(SCc2cccc(N)c2F)n1. The Labute approximate surface area is 120 Å². The van der Waals surface area contributed by atoms with Gasteiger partial charge in [0.1, 0.15) is 5.82 Å². The molecule has 1 aromatic heterocycles. The molecule has 0 aliphatic carbocycles. The van der Waals surface area contributed by atoms with Gasteiger partial charge in [-0.3, -0.25) is 4.79 Å². The number of nitrogen functional groups attached to an aromatic ring is 1. The van der Waals surface area contributed by atoms with Crippen LogP contribution in [0.1, 0.15) is 24.6 Å². The van der Waals surface area contributed by atoms with Crippen LogP contribution in [0.4, 0.5) is 10.1 Å². The number of aromatic amines is 1. The van der Waals surface area contributed by atoms with Crippen molar-refractivity contribution < 1.29 is 4.39 Å². The van der Waals surface area contributed by atoms with Crippen molar-refractivity contribution in [3.05, 3.63) is 51.7 Å². The van der Waals surface area contributed by atoms with Gasteiger partial charge in [0.25, 0.3) is 5.56 Å². The molecule has 0 saturated carbocycles. The van der Waals surface area contributed by atoms with Crippen molar-refractivity contribution in [3.63, 3.8) is 0 Å². The maximum Gasteiger partial charge on any atom is 0.251 e. The molecule has 2 rings (SSSR count). The number of aromatic nitrogens is 2. The lowest BCUT2D eigenvalue weighted by molar-refractivity contribution is 0.622. The summed E-state index contributed by atoms with van der Waals surface area (Å²) in [6, 6.07) is 6.39. The molecule has 1 heterocycles. The summed E-state index contributed by atoms with van der Waals surface area (Å²) >= 11 is 1.29. The molecule has 1 aromatic carbocycles. The third-order valence-corrected chi connectivity index (χ3v) is 3.67. The quantitative estimate of drug-likeness (QED) is 0.505. The topological polar surface area (TPSA) is 71.8 Å². The zero-order chi connectivity index (χ0) is 14.5. The number of hydrogen-bond donors (Lipinski definition) is 2. The summed E-state index contributed by atoms with van der Waals surface area (Å²) in [5.74, 6) is -0.0397. The highest BCUT2D eigenvalue weighted by molar-refractivity contribution is 7.98. The number of aryl methyl sites for hydroxylation is 1. The van der Waals surface area contributed by atoms with E-state index >= 15 is 0 Å². The number of hydrogen-bond acceptors (Lipinski definition) is 4. The molecule has 0 bridgehead atoms. The summed E-state index contributed by atoms with van der Waals surface area (Å²) in [4.78, 5) is 18.5. The number of benzene rings is 1. The van der Waals surface area contributed by atoms with Crippen LogP contribution in [0.5, 0.6) is 0 Å². The van der Waals surface area contributed by atoms with Crippen LogP contribution in [-0.2, 0) is 12.2 Å². The van der Waals surface area contributed by atoms with E-state index in [2.05, 4.69) is 9.97 Å². The van der Waals surface area contributed by atoms with Crippen molar-refractivity contribution in [1.82, 2.24) is 9.97 Å². The molecule has 0 unspecified atom stereocenters. The fraction of sp³-hybridized carbons (Fsp3) is 0.286. The monoisotopic (exact) mass is 293 g/mol. The van der Waals surface area contributed by atoms with Crippen LogP contribution < -0.4 is 11.3 Å². The summed E-state index contributed by atoms with van der Waals surface area (Å²) in [6.45, 7) is 2.03. The van der Waals surface area contributed by atoms with Gasteiger partial charge in [0, 0.05) is 23.1 Å². The number of anilines is 1. The Morgan fingerprint density at radius 2 is 2.25 bits per heavy atom. The van der Waals surface area contributed by atoms with Crippen LogP contribution in [0, 0.1) is 5.82 Å². The Hall–Kier alpha value is -1.82. The Balaban J connectivity index is 2.14. The van der Waals surface area contributed by atoms with E-state index in [0.717, 1.165) is 18.5 Å². The molecule has 0 aliphatic heterocycles. The van der Waals surface area contributed by atoms with E-state index in [1.54, 1.807) is 12.1 Å². The summed E-state index contributed by atoms with van der Waals surface area (Å²) in [7, 11) is 0. The van der Waals surface area contributed by atoms with E-state index < -0.39 is 5.82 Å². The molecule has 2 aromatic rings. The van der Waals surface area contributed by atoms with Gasteiger partial charge in [-0.1, -0.05) is 37.2 Å². The van der Waals surface area contributed by atoms with E-state index in [-0.39, 0.29) is 11.2 Å². The molecule has 106 valence electrons. The second kappa shape index (κ2) is 6.56. The zero-order valence-electron chi connectivity index (χ0n) is 11.1. The normalized spacial score (nSPS) is 10.7. The lowest BCUT2D eigenvalue weighted by Crippen LogP contribution is -2.10. The molecule has 0 radical (unpaired) electrons. The minimum atomic E-state index is -0.410. The second-order valence-corrected chi connectivity index (χ2v) is 5.36. The first-order valence-electron chi connectivity index (χ1n) is 6.36. The standard InChI is InChI=1S/C14H16FN3OS/c1-2-4-10-7-12(19)18-14(17-10)20-8-9-5-3-6-11(16)13(9)15/h3,5-7H,2,4,8,16H2,1H3,(H,17,18,19). The Morgan fingerprint density at radius 3 is 3.00 bits per heavy atom. The Morgan fingerprint density at radius 1 is 1.45 bits per heavy atom. The Kier molecular flexibility index (Phi) is 4.79. The third-order valence-electron chi connectivity index (χ3n) is 2.75. The minimum absolute atomic E-state index is 0.129. The van der Waals surface area contributed by atoms with Crippen LogP contribution in [0.15, 0.2) is 34.2 Å². The van der Waals surface area contributed by atoms with E-state index in [4.69, 9.17) is 5.73 Å². The van der Waals surface area contributed by atoms with Crippen molar-refractivity contribution in [2.24, 2.45) is 0 Å². The maximum absolute atomic E-state index is 13.8. The molecule has 0 spiro atoms. The van der Waals surface area contributed by atoms with Crippen LogP contribution in [0.2, 0.25) is 0 Å². The highest BCUT2D eigenvalue weighted by atomic mass is 32.2. The predicted octanol–water partition coefficient (Wildman–Crippen LogP) is 2.74. The van der Waals surface area contributed by atoms with Gasteiger partial charge < -0.3 is 10.7 Å². The van der Waals surface area contributed by atoms with E-state index in [9.17, 15) is 9.18 Å². The number of nitrogens with two attached hydrogens (primary N) is 1. The molecule has 0 fully saturated rings. The van der Waals surface area contributed by atoms with Gasteiger partial charge in [0.15, 0.2) is 5.16 Å². The van der Waals surface area contributed by atoms with Crippen LogP contribution in [-0.4, -0.2) is 9.97 Å². The molecular formula is C14H16FN3OS. The average Bonchev–Trinajstić information content (AvgIpc) is 2.40. The number of nitrogens with zero attached hydrogens (tertiary/aromatic N) is 1. The summed E-state index contributed by atoms with van der Waals surface area (Å²) < 4.78 is 13.8. The first kappa shape index (κ1) is 14.6. The fourth-order valence-electron chi connectivity index (χ4n) is 1.79. The van der Waals surface area contributed by atoms with Gasteiger partial charge >= 0.3 is 0 Å². The number of nitrogens with one attached hydrogen (secondary N) is 1. The molecule has 0 aliphatic rings. The highest BCUT2D eigenvalue weighted by Gasteiger charge is 2.07. The molecule has 6 heteroatoms. The van der Waals surface area contributed by atoms with Gasteiger partial charge in [-0.05, 0) is 12.5 Å². The number of halogens is 1. The van der Waals surface area contributed by atoms with Crippen molar-refractivity contribution in [3.8, 4) is 0 Å². The number of rotatable bonds is 5. The van der Waals surface area contributed by atoms with Crippen LogP contribution in [0.3, 0.4) is 0 Å². The van der Waals surface area contributed by atoms with Gasteiger partial charge in [0.2, 0.25) is 0 Å². The van der Waals surface area contributed by atoms with Gasteiger partial charge in [0.05, 0.1) is 5.69 Å². The van der Waals surface area contributed by atoms with Gasteiger partial charge in [-0.25, -0.2) is 9.37 Å². The lowest BCUT2D eigenvalue weighted by atomic mass is 10.2. The Bertz CT molecular complexity index is 657. The molecule has 0 saturated heterocycles.